The van der Waals surface area contributed by atoms with E-state index in [0.717, 1.165) is 0 Å². The molecule has 3 atom stereocenters. The molecule has 0 aromatic heterocycles. The van der Waals surface area contributed by atoms with E-state index < -0.39 is 39.1 Å². The van der Waals surface area contributed by atoms with Crippen molar-refractivity contribution >= 4 is 6.29 Å². The summed E-state index contributed by atoms with van der Waals surface area (Å²) in [6.07, 6.45) is -3.18. The minimum absolute atomic E-state index is 0.369. The van der Waals surface area contributed by atoms with E-state index in [1.807, 2.05) is 0 Å². The molecule has 0 bridgehead atoms. The van der Waals surface area contributed by atoms with Crippen LogP contribution in [0.3, 0.4) is 0 Å². The van der Waals surface area contributed by atoms with Gasteiger partial charge < -0.3 is 24.5 Å². The summed E-state index contributed by atoms with van der Waals surface area (Å²) in [6.45, 7) is -0.601. The van der Waals surface area contributed by atoms with Crippen molar-refractivity contribution in [2.45, 2.75) is 18.3 Å². The summed E-state index contributed by atoms with van der Waals surface area (Å²) < 4.78 is 22.9. The van der Waals surface area contributed by atoms with E-state index >= 15 is 0 Å². The van der Waals surface area contributed by atoms with Gasteiger partial charge in [-0.2, -0.15) is 0 Å². The average molecular weight is 180 g/mol. The Morgan fingerprint density at radius 2 is 2.25 bits per heavy atom. The lowest BCUT2D eigenvalue weighted by atomic mass is 10.1. The summed E-state index contributed by atoms with van der Waals surface area (Å²) in [6, 6.07) is 0. The molecule has 0 aromatic rings. The van der Waals surface area contributed by atoms with Crippen LogP contribution in [0.5, 0.6) is 0 Å². The number of rotatable bonds is 6. The number of carbonyl (C=O) groups is 1. The topological polar surface area (TPSA) is 76.0 Å². The van der Waals surface area contributed by atoms with Crippen LogP contribution < -0.4 is 0 Å². The van der Waals surface area contributed by atoms with Crippen molar-refractivity contribution < 1.29 is 27.2 Å². The van der Waals surface area contributed by atoms with E-state index in [1.165, 1.54) is 0 Å². The zero-order valence-electron chi connectivity index (χ0n) is 8.55. The smallest absolute Gasteiger partial charge is 0.151 e. The quantitative estimate of drug-likeness (QED) is 0.490. The number of aldehydes is 1. The highest BCUT2D eigenvalue weighted by Crippen LogP contribution is 2.05. The molecule has 0 rings (SSSR count). The van der Waals surface area contributed by atoms with Crippen LogP contribution in [0.4, 0.5) is 0 Å². The van der Waals surface area contributed by atoms with Gasteiger partial charge in [0.05, 0.1) is 9.35 Å². The Balaban J connectivity index is 4.33. The third-order valence-corrected chi connectivity index (χ3v) is 1.41. The van der Waals surface area contributed by atoms with Gasteiger partial charge in [0.15, 0.2) is 6.29 Å². The van der Waals surface area contributed by atoms with Crippen LogP contribution in [-0.2, 0) is 14.3 Å². The Bertz CT molecular complexity index is 157. The second-order valence-corrected chi connectivity index (χ2v) is 2.15. The van der Waals surface area contributed by atoms with E-state index in [0.29, 0.717) is 6.29 Å². The Labute approximate surface area is 73.7 Å². The molecule has 72 valence electrons. The van der Waals surface area contributed by atoms with Gasteiger partial charge in [-0.1, -0.05) is 0 Å². The fourth-order valence-electron chi connectivity index (χ4n) is 0.740. The van der Waals surface area contributed by atoms with Crippen LogP contribution in [0.15, 0.2) is 0 Å². The largest absolute Gasteiger partial charge is 0.394 e. The fourth-order valence-corrected chi connectivity index (χ4v) is 0.740. The summed E-state index contributed by atoms with van der Waals surface area (Å²) in [5.41, 5.74) is 0. The molecule has 5 nitrogen and oxygen atoms in total. The monoisotopic (exact) mass is 180 g/mol. The molecule has 0 fully saturated rings. The number of methoxy groups -OCH3 is 2. The molecule has 0 radical (unpaired) electrons. The Morgan fingerprint density at radius 1 is 1.58 bits per heavy atom. The summed E-state index contributed by atoms with van der Waals surface area (Å²) in [5, 5.41) is 17.9. The van der Waals surface area contributed by atoms with Crippen LogP contribution in [0.25, 0.3) is 0 Å². The molecular formula is C7H14O5. The molecule has 0 aliphatic heterocycles. The van der Waals surface area contributed by atoms with E-state index in [1.54, 1.807) is 0 Å². The molecule has 12 heavy (non-hydrogen) atoms. The normalized spacial score (nSPS) is 20.5. The van der Waals surface area contributed by atoms with Gasteiger partial charge in [-0.25, -0.2) is 0 Å². The van der Waals surface area contributed by atoms with Gasteiger partial charge in [-0.05, 0) is 0 Å². The van der Waals surface area contributed by atoms with Gasteiger partial charge >= 0.3 is 0 Å². The van der Waals surface area contributed by atoms with Gasteiger partial charge in [0, 0.05) is 14.2 Å². The predicted molar refractivity (Wildman–Crippen MR) is 40.8 cm³/mol. The number of aliphatic hydroxyl groups excluding tert-OH is 2. The van der Waals surface area contributed by atoms with Crippen LogP contribution >= 0.6 is 0 Å². The minimum Gasteiger partial charge on any atom is -0.394 e. The number of hydrogen-bond donors (Lipinski definition) is 2. The molecular weight excluding hydrogens is 164 g/mol. The second kappa shape index (κ2) is 6.07. The van der Waals surface area contributed by atoms with Crippen LogP contribution in [0, 0.1) is 0 Å². The SMILES string of the molecule is [2H]CO[C@H]([C@H](O)CO)[C@@H](C=O)OC[2H]. The molecule has 0 saturated heterocycles. The Hall–Kier alpha value is -0.490. The molecule has 5 heteroatoms. The van der Waals surface area contributed by atoms with Gasteiger partial charge in [-0.3, -0.25) is 0 Å². The lowest BCUT2D eigenvalue weighted by Crippen LogP contribution is -2.42. The standard InChI is InChI=1S/C7H14O5/c1-11-6(4-9)7(12-2)5(10)3-8/h4-8,10H,3H2,1-2H3/t5-,6-,7-/m1/s1/i1D,2D. The second-order valence-electron chi connectivity index (χ2n) is 2.15. The highest BCUT2D eigenvalue weighted by molar-refractivity contribution is 5.57. The first-order valence-electron chi connectivity index (χ1n) is 4.68. The van der Waals surface area contributed by atoms with Crippen molar-refractivity contribution in [2.75, 3.05) is 20.8 Å². The van der Waals surface area contributed by atoms with Gasteiger partial charge in [0.1, 0.15) is 18.3 Å². The van der Waals surface area contributed by atoms with Gasteiger partial charge in [-0.15, -0.1) is 0 Å². The Kier molecular flexibility index (Phi) is 4.11. The molecule has 0 aromatic carbocycles. The number of hydrogen-bond acceptors (Lipinski definition) is 5. The van der Waals surface area contributed by atoms with Crippen molar-refractivity contribution in [3.8, 4) is 0 Å². The third kappa shape index (κ3) is 2.86. The fraction of sp³-hybridized carbons (Fsp3) is 0.857. The molecule has 0 spiro atoms. The summed E-state index contributed by atoms with van der Waals surface area (Å²) in [5.74, 6) is 0. The summed E-state index contributed by atoms with van der Waals surface area (Å²) >= 11 is 0. The van der Waals surface area contributed by atoms with Crippen LogP contribution in [0.2, 0.25) is 0 Å². The molecule has 0 unspecified atom stereocenters. The van der Waals surface area contributed by atoms with Gasteiger partial charge in [0.25, 0.3) is 0 Å². The van der Waals surface area contributed by atoms with Crippen molar-refractivity contribution in [1.82, 2.24) is 0 Å². The van der Waals surface area contributed by atoms with Crippen molar-refractivity contribution in [3.05, 3.63) is 0 Å². The molecule has 0 heterocycles. The number of ether oxygens (including phenoxy) is 2. The zero-order chi connectivity index (χ0) is 11.0. The highest BCUT2D eigenvalue weighted by Gasteiger charge is 2.27. The van der Waals surface area contributed by atoms with Crippen molar-refractivity contribution in [2.24, 2.45) is 0 Å². The van der Waals surface area contributed by atoms with E-state index in [-0.39, 0.29) is 0 Å². The zero-order valence-corrected chi connectivity index (χ0v) is 6.55. The lowest BCUT2D eigenvalue weighted by Gasteiger charge is -2.23. The van der Waals surface area contributed by atoms with E-state index in [9.17, 15) is 9.90 Å². The number of aliphatic hydroxyl groups is 2. The maximum Gasteiger partial charge on any atom is 0.151 e. The van der Waals surface area contributed by atoms with Crippen LogP contribution in [0.1, 0.15) is 2.74 Å². The minimum atomic E-state index is -1.30. The molecule has 0 aliphatic carbocycles. The third-order valence-electron chi connectivity index (χ3n) is 1.41. The molecule has 2 N–H and O–H groups in total. The highest BCUT2D eigenvalue weighted by atomic mass is 16.5. The van der Waals surface area contributed by atoms with Crippen molar-refractivity contribution in [1.29, 1.82) is 0 Å². The van der Waals surface area contributed by atoms with E-state index in [4.69, 9.17) is 12.6 Å². The average Bonchev–Trinajstić information content (AvgIpc) is 2.22. The maximum absolute atomic E-state index is 10.5. The lowest BCUT2D eigenvalue weighted by molar-refractivity contribution is -0.136. The number of carbonyl (C=O) groups excluding carboxylic acids is 1. The molecule has 0 amide bonds. The summed E-state index contributed by atoms with van der Waals surface area (Å²) in [4.78, 5) is 10.5. The Morgan fingerprint density at radius 3 is 2.67 bits per heavy atom. The molecule has 0 aliphatic rings. The van der Waals surface area contributed by atoms with Gasteiger partial charge in [0.2, 0.25) is 0 Å². The summed E-state index contributed by atoms with van der Waals surface area (Å²) in [7, 11) is -0.924. The molecule has 0 saturated carbocycles. The first-order valence-corrected chi connectivity index (χ1v) is 3.27. The first-order chi connectivity index (χ1) is 6.71. The predicted octanol–water partition coefficient (Wildman–Crippen LogP) is -1.43. The van der Waals surface area contributed by atoms with E-state index in [2.05, 4.69) is 4.74 Å². The van der Waals surface area contributed by atoms with Crippen LogP contribution in [-0.4, -0.2) is 55.6 Å². The van der Waals surface area contributed by atoms with Crippen molar-refractivity contribution in [3.63, 3.8) is 0 Å². The first kappa shape index (κ1) is 8.12. The maximum atomic E-state index is 10.5.